The van der Waals surface area contributed by atoms with Crippen LogP contribution in [0.4, 0.5) is 14.5 Å². The predicted octanol–water partition coefficient (Wildman–Crippen LogP) is 6.61. The quantitative estimate of drug-likeness (QED) is 0.622. The van der Waals surface area contributed by atoms with Crippen molar-refractivity contribution in [3.8, 4) is 0 Å². The minimum atomic E-state index is -2.53. The molecule has 1 N–H and O–H groups in total. The Bertz CT molecular complexity index is 916. The molecule has 27 heavy (non-hydrogen) atoms. The van der Waals surface area contributed by atoms with E-state index in [1.54, 1.807) is 11.8 Å². The van der Waals surface area contributed by atoms with E-state index in [4.69, 9.17) is 11.6 Å². The highest BCUT2D eigenvalue weighted by molar-refractivity contribution is 7.99. The van der Waals surface area contributed by atoms with E-state index in [0.717, 1.165) is 32.3 Å². The van der Waals surface area contributed by atoms with Crippen molar-refractivity contribution in [1.82, 2.24) is 5.32 Å². The average molecular weight is 405 g/mol. The zero-order valence-corrected chi connectivity index (χ0v) is 16.2. The minimum Gasteiger partial charge on any atom is -0.382 e. The fraction of sp³-hybridized carbons (Fsp3) is 0.286. The van der Waals surface area contributed by atoms with E-state index in [0.29, 0.717) is 18.0 Å². The van der Waals surface area contributed by atoms with Crippen molar-refractivity contribution in [2.75, 3.05) is 0 Å². The summed E-state index contributed by atoms with van der Waals surface area (Å²) in [6.07, 6.45) is 0.756. The van der Waals surface area contributed by atoms with Crippen LogP contribution in [0.15, 0.2) is 63.8 Å². The first kappa shape index (κ1) is 18.5. The zero-order valence-electron chi connectivity index (χ0n) is 14.6. The number of hydrogen-bond acceptors (Lipinski definition) is 3. The van der Waals surface area contributed by atoms with Gasteiger partial charge >= 0.3 is 0 Å². The Kier molecular flexibility index (Phi) is 4.99. The van der Waals surface area contributed by atoms with Gasteiger partial charge in [-0.05, 0) is 36.6 Å². The Morgan fingerprint density at radius 3 is 2.67 bits per heavy atom. The first-order valence-corrected chi connectivity index (χ1v) is 10.1. The lowest BCUT2D eigenvalue weighted by atomic mass is 9.92. The lowest BCUT2D eigenvalue weighted by Crippen LogP contribution is -2.35. The van der Waals surface area contributed by atoms with Gasteiger partial charge in [0.1, 0.15) is 5.17 Å². The number of fused-ring (bicyclic) bond motifs is 2. The smallest absolute Gasteiger partial charge is 0.248 e. The van der Waals surface area contributed by atoms with E-state index >= 15 is 0 Å². The summed E-state index contributed by atoms with van der Waals surface area (Å²) in [5.41, 5.74) is 3.33. The molecule has 0 bridgehead atoms. The van der Waals surface area contributed by atoms with Gasteiger partial charge in [-0.2, -0.15) is 0 Å². The van der Waals surface area contributed by atoms with Crippen LogP contribution >= 0.6 is 23.4 Å². The second-order valence-corrected chi connectivity index (χ2v) is 8.38. The normalized spacial score (nSPS) is 18.7. The lowest BCUT2D eigenvalue weighted by Gasteiger charge is -2.30. The minimum absolute atomic E-state index is 0.0293. The first-order valence-electron chi connectivity index (χ1n) is 8.90. The number of alkyl halides is 2. The molecule has 1 heterocycles. The zero-order chi connectivity index (χ0) is 19.0. The average Bonchev–Trinajstić information content (AvgIpc) is 2.78. The maximum atomic E-state index is 13.3. The van der Waals surface area contributed by atoms with Gasteiger partial charge in [0.2, 0.25) is 5.92 Å². The summed E-state index contributed by atoms with van der Waals surface area (Å²) in [5, 5.41) is 3.77. The Morgan fingerprint density at radius 2 is 1.89 bits per heavy atom. The van der Waals surface area contributed by atoms with Gasteiger partial charge in [0.25, 0.3) is 0 Å². The largest absolute Gasteiger partial charge is 0.382 e. The Labute approximate surface area is 166 Å². The number of benzene rings is 2. The molecule has 1 saturated carbocycles. The summed E-state index contributed by atoms with van der Waals surface area (Å²) in [6, 6.07) is 13.9. The number of halogens is 3. The van der Waals surface area contributed by atoms with E-state index < -0.39 is 5.92 Å². The van der Waals surface area contributed by atoms with Crippen molar-refractivity contribution < 1.29 is 8.78 Å². The molecule has 0 unspecified atom stereocenters. The highest BCUT2D eigenvalue weighted by Crippen LogP contribution is 2.42. The molecule has 2 nitrogen and oxygen atoms in total. The van der Waals surface area contributed by atoms with Gasteiger partial charge in [0, 0.05) is 39.9 Å². The monoisotopic (exact) mass is 404 g/mol. The predicted molar refractivity (Wildman–Crippen MR) is 108 cm³/mol. The SMILES string of the molecule is C=C(NC1CCC(F)(F)CC1)c1ccc2c(c1)N=C(Cl)c1ccccc1S2. The van der Waals surface area contributed by atoms with E-state index in [9.17, 15) is 8.78 Å². The second-order valence-electron chi connectivity index (χ2n) is 6.94. The van der Waals surface area contributed by atoms with Crippen LogP contribution in [0.1, 0.15) is 36.8 Å². The molecule has 0 atom stereocenters. The lowest BCUT2D eigenvalue weighted by molar-refractivity contribution is -0.0392. The molecule has 2 aromatic carbocycles. The Hall–Kier alpha value is -1.85. The summed E-state index contributed by atoms with van der Waals surface area (Å²) >= 11 is 8.05. The molecule has 4 rings (SSSR count). The Morgan fingerprint density at radius 1 is 1.15 bits per heavy atom. The molecule has 0 amide bonds. The molecule has 0 saturated heterocycles. The molecule has 2 aliphatic rings. The molecule has 0 aromatic heterocycles. The number of rotatable bonds is 3. The van der Waals surface area contributed by atoms with Crippen LogP contribution in [0.5, 0.6) is 0 Å². The highest BCUT2D eigenvalue weighted by atomic mass is 35.5. The Balaban J connectivity index is 1.54. The van der Waals surface area contributed by atoms with Crippen molar-refractivity contribution in [3.05, 3.63) is 60.2 Å². The van der Waals surface area contributed by atoms with Crippen molar-refractivity contribution in [2.24, 2.45) is 4.99 Å². The third kappa shape index (κ3) is 4.04. The first-order chi connectivity index (χ1) is 12.9. The third-order valence-corrected chi connectivity index (χ3v) is 6.38. The van der Waals surface area contributed by atoms with E-state index in [2.05, 4.69) is 16.9 Å². The van der Waals surface area contributed by atoms with Crippen LogP contribution in [0.2, 0.25) is 0 Å². The molecular weight excluding hydrogens is 386 g/mol. The van der Waals surface area contributed by atoms with Crippen LogP contribution in [-0.4, -0.2) is 17.1 Å². The highest BCUT2D eigenvalue weighted by Gasteiger charge is 2.34. The maximum Gasteiger partial charge on any atom is 0.248 e. The van der Waals surface area contributed by atoms with E-state index in [-0.39, 0.29) is 18.9 Å². The van der Waals surface area contributed by atoms with Gasteiger partial charge in [-0.25, -0.2) is 13.8 Å². The molecule has 0 radical (unpaired) electrons. The fourth-order valence-corrected chi connectivity index (χ4v) is 4.72. The van der Waals surface area contributed by atoms with Crippen LogP contribution in [0.3, 0.4) is 0 Å². The topological polar surface area (TPSA) is 24.4 Å². The van der Waals surface area contributed by atoms with Crippen molar-refractivity contribution >= 4 is 39.9 Å². The van der Waals surface area contributed by atoms with Crippen LogP contribution in [0, 0.1) is 0 Å². The summed E-state index contributed by atoms with van der Waals surface area (Å²) in [5.74, 6) is -2.53. The van der Waals surface area contributed by atoms with Crippen LogP contribution in [-0.2, 0) is 0 Å². The number of nitrogens with zero attached hydrogens (tertiary/aromatic N) is 1. The van der Waals surface area contributed by atoms with Gasteiger partial charge in [-0.3, -0.25) is 0 Å². The van der Waals surface area contributed by atoms with Crippen molar-refractivity contribution in [1.29, 1.82) is 0 Å². The molecule has 6 heteroatoms. The van der Waals surface area contributed by atoms with Crippen molar-refractivity contribution in [2.45, 2.75) is 47.4 Å². The molecule has 1 aliphatic heterocycles. The summed E-state index contributed by atoms with van der Waals surface area (Å²) in [7, 11) is 0. The molecule has 1 fully saturated rings. The van der Waals surface area contributed by atoms with Gasteiger partial charge in [0.05, 0.1) is 5.69 Å². The number of aliphatic imine (C=N–C) groups is 1. The molecule has 0 spiro atoms. The maximum absolute atomic E-state index is 13.3. The van der Waals surface area contributed by atoms with E-state index in [1.807, 2.05) is 42.5 Å². The number of hydrogen-bond donors (Lipinski definition) is 1. The molecule has 140 valence electrons. The fourth-order valence-electron chi connectivity index (χ4n) is 3.40. The van der Waals surface area contributed by atoms with Gasteiger partial charge < -0.3 is 5.32 Å². The van der Waals surface area contributed by atoms with Crippen LogP contribution < -0.4 is 5.32 Å². The van der Waals surface area contributed by atoms with E-state index in [1.165, 1.54) is 0 Å². The summed E-state index contributed by atoms with van der Waals surface area (Å²) in [4.78, 5) is 6.67. The van der Waals surface area contributed by atoms with Crippen molar-refractivity contribution in [3.63, 3.8) is 0 Å². The van der Waals surface area contributed by atoms with Gasteiger partial charge in [0.15, 0.2) is 0 Å². The van der Waals surface area contributed by atoms with Crippen LogP contribution in [0.25, 0.3) is 5.70 Å². The number of nitrogens with one attached hydrogen (secondary N) is 1. The second kappa shape index (κ2) is 7.28. The molecule has 2 aromatic rings. The van der Waals surface area contributed by atoms with Gasteiger partial charge in [-0.1, -0.05) is 54.2 Å². The standard InChI is InChI=1S/C21H19ClF2N2S/c1-13(25-15-8-10-21(23,24)11-9-15)14-6-7-19-17(12-14)26-20(22)16-4-2-3-5-18(16)27-19/h2-7,12,15,25H,1,8-11H2. The van der Waals surface area contributed by atoms with Gasteiger partial charge in [-0.15, -0.1) is 0 Å². The summed E-state index contributed by atoms with van der Waals surface area (Å²) < 4.78 is 26.7. The molecule has 1 aliphatic carbocycles. The third-order valence-electron chi connectivity index (χ3n) is 4.95. The molecular formula is C21H19ClF2N2S. The summed E-state index contributed by atoms with van der Waals surface area (Å²) in [6.45, 7) is 4.10.